The van der Waals surface area contributed by atoms with Gasteiger partial charge in [-0.25, -0.2) is 4.98 Å². The van der Waals surface area contributed by atoms with Gasteiger partial charge in [0.25, 0.3) is 5.65 Å². The molecule has 0 unspecified atom stereocenters. The smallest absolute Gasteiger partial charge is 0.336 e. The maximum atomic E-state index is 10.6. The van der Waals surface area contributed by atoms with Crippen molar-refractivity contribution in [1.29, 1.82) is 0 Å². The Morgan fingerprint density at radius 1 is 0.892 bits per heavy atom. The summed E-state index contributed by atoms with van der Waals surface area (Å²) in [5.74, 6) is 0.613. The molecule has 4 heterocycles. The minimum atomic E-state index is -0.231. The standard InChI is InChI=1S/C30H24N6O/c31-30(14-5-15-30)22-9-11-23(12-10-22)36-29-24-18-21(20-6-2-1-3-7-20)19-33-25(24)13-17-35(29)28(34-36)27-26(37)8-4-16-32-27/h1-4,6-13,16-19H,5,14-15,31H2/p+1. The fraction of sp³-hybridized carbons (Fsp3) is 0.133. The van der Waals surface area contributed by atoms with Crippen LogP contribution in [0, 0.1) is 0 Å². The highest BCUT2D eigenvalue weighted by atomic mass is 16.3. The summed E-state index contributed by atoms with van der Waals surface area (Å²) >= 11 is 0. The molecule has 7 nitrogen and oxygen atoms in total. The third-order valence-corrected chi connectivity index (χ3v) is 7.43. The first-order valence-corrected chi connectivity index (χ1v) is 12.4. The van der Waals surface area contributed by atoms with Crippen molar-refractivity contribution in [2.45, 2.75) is 24.8 Å². The molecule has 0 atom stereocenters. The first-order chi connectivity index (χ1) is 18.1. The summed E-state index contributed by atoms with van der Waals surface area (Å²) in [5, 5.41) is 16.5. The van der Waals surface area contributed by atoms with Crippen molar-refractivity contribution >= 4 is 16.6 Å². The van der Waals surface area contributed by atoms with E-state index in [1.165, 1.54) is 6.42 Å². The largest absolute Gasteiger partial charge is 0.505 e. The number of fused-ring (bicyclic) bond motifs is 3. The molecule has 4 aromatic heterocycles. The fourth-order valence-electron chi connectivity index (χ4n) is 5.19. The van der Waals surface area contributed by atoms with Crippen LogP contribution in [0.15, 0.2) is 97.5 Å². The summed E-state index contributed by atoms with van der Waals surface area (Å²) in [5.41, 5.74) is 12.6. The van der Waals surface area contributed by atoms with Crippen LogP contribution in [0.25, 0.3) is 44.9 Å². The normalized spacial score (nSPS) is 14.6. The molecule has 3 N–H and O–H groups in total. The average molecular weight is 486 g/mol. The highest BCUT2D eigenvalue weighted by Gasteiger charge is 2.34. The molecular formula is C30H25N6O+. The lowest BCUT2D eigenvalue weighted by Gasteiger charge is -2.38. The fourth-order valence-corrected chi connectivity index (χ4v) is 5.19. The summed E-state index contributed by atoms with van der Waals surface area (Å²) in [4.78, 5) is 9.21. The molecule has 0 spiro atoms. The zero-order chi connectivity index (χ0) is 25.0. The van der Waals surface area contributed by atoms with Crippen LogP contribution in [0.2, 0.25) is 0 Å². The maximum absolute atomic E-state index is 10.6. The molecule has 1 fully saturated rings. The van der Waals surface area contributed by atoms with Gasteiger partial charge in [0, 0.05) is 23.5 Å². The van der Waals surface area contributed by atoms with E-state index in [-0.39, 0.29) is 11.3 Å². The number of pyridine rings is 3. The summed E-state index contributed by atoms with van der Waals surface area (Å²) in [7, 11) is 0. The van der Waals surface area contributed by atoms with Gasteiger partial charge in [0.2, 0.25) is 0 Å². The highest BCUT2D eigenvalue weighted by Crippen LogP contribution is 2.39. The van der Waals surface area contributed by atoms with Gasteiger partial charge in [-0.15, -0.1) is 0 Å². The van der Waals surface area contributed by atoms with Gasteiger partial charge < -0.3 is 10.8 Å². The number of aromatic hydroxyl groups is 1. The minimum absolute atomic E-state index is 0.0724. The lowest BCUT2D eigenvalue weighted by Crippen LogP contribution is -2.43. The summed E-state index contributed by atoms with van der Waals surface area (Å²) in [6.07, 6.45) is 8.66. The second-order valence-corrected chi connectivity index (χ2v) is 9.70. The predicted octanol–water partition coefficient (Wildman–Crippen LogP) is 4.93. The highest BCUT2D eigenvalue weighted by molar-refractivity contribution is 5.93. The van der Waals surface area contributed by atoms with Crippen molar-refractivity contribution in [3.05, 3.63) is 103 Å². The van der Waals surface area contributed by atoms with E-state index in [4.69, 9.17) is 15.8 Å². The van der Waals surface area contributed by atoms with E-state index >= 15 is 0 Å². The molecule has 0 saturated heterocycles. The van der Waals surface area contributed by atoms with Gasteiger partial charge in [0.1, 0.15) is 11.4 Å². The average Bonchev–Trinajstić information content (AvgIpc) is 3.32. The number of hydrogen-bond acceptors (Lipinski definition) is 5. The van der Waals surface area contributed by atoms with E-state index in [1.807, 2.05) is 45.7 Å². The Labute approximate surface area is 213 Å². The molecule has 37 heavy (non-hydrogen) atoms. The van der Waals surface area contributed by atoms with Crippen molar-refractivity contribution < 1.29 is 9.51 Å². The van der Waals surface area contributed by atoms with Crippen molar-refractivity contribution in [2.24, 2.45) is 5.73 Å². The Morgan fingerprint density at radius 2 is 1.70 bits per heavy atom. The molecule has 6 aromatic rings. The van der Waals surface area contributed by atoms with Crippen LogP contribution in [-0.4, -0.2) is 24.9 Å². The summed E-state index contributed by atoms with van der Waals surface area (Å²) < 4.78 is 3.86. The molecule has 0 amide bonds. The molecule has 0 radical (unpaired) electrons. The van der Waals surface area contributed by atoms with Crippen LogP contribution in [-0.2, 0) is 5.54 Å². The van der Waals surface area contributed by atoms with Crippen LogP contribution >= 0.6 is 0 Å². The van der Waals surface area contributed by atoms with Crippen molar-refractivity contribution in [3.8, 4) is 34.1 Å². The molecule has 0 aliphatic heterocycles. The monoisotopic (exact) mass is 485 g/mol. The lowest BCUT2D eigenvalue weighted by molar-refractivity contribution is -0.498. The molecule has 7 heteroatoms. The molecule has 2 aromatic carbocycles. The van der Waals surface area contributed by atoms with Crippen LogP contribution < -0.4 is 10.1 Å². The second kappa shape index (κ2) is 8.21. The third kappa shape index (κ3) is 3.47. The Balaban J connectivity index is 1.50. The zero-order valence-electron chi connectivity index (χ0n) is 20.1. The van der Waals surface area contributed by atoms with Crippen molar-refractivity contribution in [2.75, 3.05) is 0 Å². The van der Waals surface area contributed by atoms with Crippen LogP contribution in [0.1, 0.15) is 24.8 Å². The molecule has 1 aliphatic rings. The van der Waals surface area contributed by atoms with E-state index in [1.54, 1.807) is 18.3 Å². The van der Waals surface area contributed by atoms with E-state index < -0.39 is 0 Å². The molecule has 0 bridgehead atoms. The summed E-state index contributed by atoms with van der Waals surface area (Å²) in [6, 6.07) is 26.0. The maximum Gasteiger partial charge on any atom is 0.336 e. The first kappa shape index (κ1) is 21.6. The molecule has 1 aliphatic carbocycles. The minimum Gasteiger partial charge on any atom is -0.505 e. The molecular weight excluding hydrogens is 460 g/mol. The van der Waals surface area contributed by atoms with E-state index in [9.17, 15) is 5.11 Å². The second-order valence-electron chi connectivity index (χ2n) is 9.70. The van der Waals surface area contributed by atoms with Gasteiger partial charge in [-0.05, 0) is 66.8 Å². The van der Waals surface area contributed by atoms with Crippen LogP contribution in [0.4, 0.5) is 0 Å². The topological polar surface area (TPSA) is 94.0 Å². The SMILES string of the molecule is NC1(c2ccc(-n3nc(-c4ncccc4O)[n+]4ccc5ncc(-c6ccccc6)cc5c34)cc2)CCC1. The van der Waals surface area contributed by atoms with Gasteiger partial charge in [-0.1, -0.05) is 47.1 Å². The number of aromatic nitrogens is 5. The summed E-state index contributed by atoms with van der Waals surface area (Å²) in [6.45, 7) is 0. The molecule has 1 saturated carbocycles. The number of nitrogens with two attached hydrogens (primary N) is 1. The van der Waals surface area contributed by atoms with Crippen LogP contribution in [0.3, 0.4) is 0 Å². The van der Waals surface area contributed by atoms with Crippen molar-refractivity contribution in [3.63, 3.8) is 0 Å². The van der Waals surface area contributed by atoms with Crippen molar-refractivity contribution in [1.82, 2.24) is 19.7 Å². The number of benzene rings is 2. The Bertz CT molecular complexity index is 1770. The molecule has 7 rings (SSSR count). The first-order valence-electron chi connectivity index (χ1n) is 12.4. The van der Waals surface area contributed by atoms with Gasteiger partial charge in [-0.3, -0.25) is 4.98 Å². The van der Waals surface area contributed by atoms with Gasteiger partial charge in [0.05, 0.1) is 22.2 Å². The number of hydrogen-bond donors (Lipinski definition) is 2. The Morgan fingerprint density at radius 3 is 2.43 bits per heavy atom. The Hall–Kier alpha value is -4.62. The lowest BCUT2D eigenvalue weighted by atomic mass is 9.73. The van der Waals surface area contributed by atoms with Gasteiger partial charge in [-0.2, -0.15) is 4.40 Å². The van der Waals surface area contributed by atoms with E-state index in [0.29, 0.717) is 11.5 Å². The molecule has 180 valence electrons. The van der Waals surface area contributed by atoms with Crippen LogP contribution in [0.5, 0.6) is 5.75 Å². The predicted molar refractivity (Wildman–Crippen MR) is 142 cm³/mol. The Kier molecular flexibility index (Phi) is 4.81. The quantitative estimate of drug-likeness (QED) is 0.345. The third-order valence-electron chi connectivity index (χ3n) is 7.43. The number of nitrogens with zero attached hydrogens (tertiary/aromatic N) is 5. The van der Waals surface area contributed by atoms with E-state index in [0.717, 1.165) is 51.8 Å². The van der Waals surface area contributed by atoms with Gasteiger partial charge >= 0.3 is 5.82 Å². The number of rotatable bonds is 4. The van der Waals surface area contributed by atoms with E-state index in [2.05, 4.69) is 47.4 Å². The zero-order valence-corrected chi connectivity index (χ0v) is 20.1. The van der Waals surface area contributed by atoms with Gasteiger partial charge in [0.15, 0.2) is 5.69 Å².